The van der Waals surface area contributed by atoms with E-state index in [-0.39, 0.29) is 11.4 Å². The van der Waals surface area contributed by atoms with Crippen molar-refractivity contribution in [2.75, 3.05) is 18.2 Å². The van der Waals surface area contributed by atoms with Gasteiger partial charge in [0.2, 0.25) is 5.91 Å². The monoisotopic (exact) mass is 422 g/mol. The van der Waals surface area contributed by atoms with Crippen LogP contribution in [0.4, 0.5) is 18.9 Å². The number of benzene rings is 2. The summed E-state index contributed by atoms with van der Waals surface area (Å²) in [7, 11) is 1.57. The molecular weight excluding hydrogens is 405 g/mol. The number of hydrogen-bond acceptors (Lipinski definition) is 5. The van der Waals surface area contributed by atoms with Crippen LogP contribution in [0.1, 0.15) is 11.4 Å². The van der Waals surface area contributed by atoms with Gasteiger partial charge < -0.3 is 10.1 Å². The maximum absolute atomic E-state index is 13.1. The van der Waals surface area contributed by atoms with E-state index in [0.29, 0.717) is 16.7 Å². The first-order valence-electron chi connectivity index (χ1n) is 8.45. The number of ether oxygens (including phenoxy) is 1. The number of aromatic nitrogens is 3. The largest absolute Gasteiger partial charge is 0.497 e. The maximum Gasteiger partial charge on any atom is 0.418 e. The van der Waals surface area contributed by atoms with Crippen molar-refractivity contribution in [3.63, 3.8) is 0 Å². The number of halogens is 3. The van der Waals surface area contributed by atoms with Gasteiger partial charge in [0.05, 0.1) is 24.1 Å². The Bertz CT molecular complexity index is 1000. The number of rotatable bonds is 6. The molecule has 0 radical (unpaired) electrons. The predicted octanol–water partition coefficient (Wildman–Crippen LogP) is 4.33. The molecule has 3 rings (SSSR count). The lowest BCUT2D eigenvalue weighted by Gasteiger charge is -2.13. The SMILES string of the molecule is COc1ccc(-n2c(C)nnc2SCC(=O)Nc2ccccc2C(F)(F)F)cc1. The minimum absolute atomic E-state index is 0.125. The second-order valence-corrected chi connectivity index (χ2v) is 6.89. The van der Waals surface area contributed by atoms with E-state index in [1.165, 1.54) is 18.2 Å². The van der Waals surface area contributed by atoms with Crippen molar-refractivity contribution in [1.82, 2.24) is 14.8 Å². The number of thioether (sulfide) groups is 1. The van der Waals surface area contributed by atoms with Crippen LogP contribution in [0.15, 0.2) is 53.7 Å². The molecule has 10 heteroatoms. The summed E-state index contributed by atoms with van der Waals surface area (Å²) in [6, 6.07) is 12.0. The second kappa shape index (κ2) is 8.56. The number of amides is 1. The zero-order chi connectivity index (χ0) is 21.0. The van der Waals surface area contributed by atoms with E-state index in [0.717, 1.165) is 23.5 Å². The average Bonchev–Trinajstić information content (AvgIpc) is 3.06. The minimum Gasteiger partial charge on any atom is -0.497 e. The van der Waals surface area contributed by atoms with Crippen LogP contribution in [0.3, 0.4) is 0 Å². The summed E-state index contributed by atoms with van der Waals surface area (Å²) in [5.74, 6) is 0.603. The Morgan fingerprint density at radius 1 is 1.14 bits per heavy atom. The Morgan fingerprint density at radius 2 is 1.83 bits per heavy atom. The van der Waals surface area contributed by atoms with E-state index in [2.05, 4.69) is 15.5 Å². The second-order valence-electron chi connectivity index (χ2n) is 5.94. The summed E-state index contributed by atoms with van der Waals surface area (Å²) >= 11 is 1.08. The van der Waals surface area contributed by atoms with E-state index in [4.69, 9.17) is 4.74 Å². The highest BCUT2D eigenvalue weighted by Crippen LogP contribution is 2.34. The van der Waals surface area contributed by atoms with Crippen LogP contribution >= 0.6 is 11.8 Å². The number of aryl methyl sites for hydroxylation is 1. The third kappa shape index (κ3) is 4.89. The van der Waals surface area contributed by atoms with Gasteiger partial charge in [-0.05, 0) is 43.3 Å². The lowest BCUT2D eigenvalue weighted by Crippen LogP contribution is -2.18. The van der Waals surface area contributed by atoms with Crippen molar-refractivity contribution >= 4 is 23.4 Å². The molecule has 3 aromatic rings. The van der Waals surface area contributed by atoms with Crippen molar-refractivity contribution in [3.05, 3.63) is 59.9 Å². The molecule has 1 amide bonds. The summed E-state index contributed by atoms with van der Waals surface area (Å²) in [6.07, 6.45) is -4.55. The Hall–Kier alpha value is -3.01. The van der Waals surface area contributed by atoms with Gasteiger partial charge >= 0.3 is 6.18 Å². The van der Waals surface area contributed by atoms with Crippen molar-refractivity contribution < 1.29 is 22.7 Å². The third-order valence-electron chi connectivity index (χ3n) is 3.96. The van der Waals surface area contributed by atoms with Gasteiger partial charge in [0.1, 0.15) is 11.6 Å². The van der Waals surface area contributed by atoms with Gasteiger partial charge in [-0.1, -0.05) is 23.9 Å². The molecule has 0 aliphatic heterocycles. The molecule has 0 bridgehead atoms. The predicted molar refractivity (Wildman–Crippen MR) is 103 cm³/mol. The van der Waals surface area contributed by atoms with E-state index < -0.39 is 17.6 Å². The standard InChI is InChI=1S/C19H17F3N4O2S/c1-12-24-25-18(26(12)13-7-9-14(28-2)10-8-13)29-11-17(27)23-16-6-4-3-5-15(16)19(20,21)22/h3-10H,11H2,1-2H3,(H,23,27). The lowest BCUT2D eigenvalue weighted by molar-refractivity contribution is -0.137. The highest BCUT2D eigenvalue weighted by atomic mass is 32.2. The van der Waals surface area contributed by atoms with E-state index in [1.807, 2.05) is 12.1 Å². The fourth-order valence-corrected chi connectivity index (χ4v) is 3.42. The lowest BCUT2D eigenvalue weighted by atomic mass is 10.1. The molecular formula is C19H17F3N4O2S. The number of carbonyl (C=O) groups is 1. The Kier molecular flexibility index (Phi) is 6.12. The molecule has 29 heavy (non-hydrogen) atoms. The van der Waals surface area contributed by atoms with Crippen LogP contribution in [-0.4, -0.2) is 33.5 Å². The maximum atomic E-state index is 13.1. The van der Waals surface area contributed by atoms with Crippen LogP contribution < -0.4 is 10.1 Å². The molecule has 1 N–H and O–H groups in total. The highest BCUT2D eigenvalue weighted by Gasteiger charge is 2.33. The quantitative estimate of drug-likeness (QED) is 0.599. The van der Waals surface area contributed by atoms with Gasteiger partial charge in [-0.3, -0.25) is 9.36 Å². The molecule has 1 heterocycles. The van der Waals surface area contributed by atoms with Crippen molar-refractivity contribution in [1.29, 1.82) is 0 Å². The van der Waals surface area contributed by atoms with Crippen LogP contribution in [0, 0.1) is 6.92 Å². The molecule has 0 aliphatic rings. The number of hydrogen-bond donors (Lipinski definition) is 1. The molecule has 6 nitrogen and oxygen atoms in total. The normalized spacial score (nSPS) is 11.3. The number of alkyl halides is 3. The number of nitrogens with one attached hydrogen (secondary N) is 1. The Morgan fingerprint density at radius 3 is 2.48 bits per heavy atom. The number of nitrogens with zero attached hydrogens (tertiary/aromatic N) is 3. The molecule has 152 valence electrons. The first-order valence-corrected chi connectivity index (χ1v) is 9.43. The summed E-state index contributed by atoms with van der Waals surface area (Å²) in [6.45, 7) is 1.76. The molecule has 0 saturated heterocycles. The van der Waals surface area contributed by atoms with Crippen LogP contribution in [0.5, 0.6) is 5.75 Å². The molecule has 2 aromatic carbocycles. The molecule has 0 unspecified atom stereocenters. The molecule has 1 aromatic heterocycles. The van der Waals surface area contributed by atoms with E-state index in [9.17, 15) is 18.0 Å². The van der Waals surface area contributed by atoms with Crippen molar-refractivity contribution in [3.8, 4) is 11.4 Å². The molecule has 0 fully saturated rings. The van der Waals surface area contributed by atoms with Crippen molar-refractivity contribution in [2.24, 2.45) is 0 Å². The topological polar surface area (TPSA) is 69.0 Å². The van der Waals surface area contributed by atoms with Gasteiger partial charge in [-0.15, -0.1) is 10.2 Å². The van der Waals surface area contributed by atoms with Gasteiger partial charge in [0, 0.05) is 5.69 Å². The average molecular weight is 422 g/mol. The number of carbonyl (C=O) groups excluding carboxylic acids is 1. The first-order chi connectivity index (χ1) is 13.8. The molecule has 0 spiro atoms. The summed E-state index contributed by atoms with van der Waals surface area (Å²) in [5.41, 5.74) is -0.396. The van der Waals surface area contributed by atoms with Crippen LogP contribution in [0.2, 0.25) is 0 Å². The number of methoxy groups -OCH3 is 1. The van der Waals surface area contributed by atoms with E-state index in [1.54, 1.807) is 30.7 Å². The highest BCUT2D eigenvalue weighted by molar-refractivity contribution is 7.99. The van der Waals surface area contributed by atoms with E-state index >= 15 is 0 Å². The van der Waals surface area contributed by atoms with Gasteiger partial charge in [0.15, 0.2) is 5.16 Å². The summed E-state index contributed by atoms with van der Waals surface area (Å²) < 4.78 is 46.1. The number of para-hydroxylation sites is 1. The van der Waals surface area contributed by atoms with Crippen molar-refractivity contribution in [2.45, 2.75) is 18.3 Å². The Balaban J connectivity index is 1.72. The van der Waals surface area contributed by atoms with Crippen LogP contribution in [-0.2, 0) is 11.0 Å². The van der Waals surface area contributed by atoms with Gasteiger partial charge in [0.25, 0.3) is 0 Å². The first kappa shape index (κ1) is 20.7. The fourth-order valence-electron chi connectivity index (χ4n) is 2.62. The zero-order valence-corrected chi connectivity index (χ0v) is 16.3. The summed E-state index contributed by atoms with van der Waals surface area (Å²) in [4.78, 5) is 12.2. The summed E-state index contributed by atoms with van der Waals surface area (Å²) in [5, 5.41) is 10.8. The smallest absolute Gasteiger partial charge is 0.418 e. The Labute approximate surface area is 169 Å². The fraction of sp³-hybridized carbons (Fsp3) is 0.211. The van der Waals surface area contributed by atoms with Gasteiger partial charge in [-0.2, -0.15) is 13.2 Å². The number of anilines is 1. The van der Waals surface area contributed by atoms with Gasteiger partial charge in [-0.25, -0.2) is 0 Å². The van der Waals surface area contributed by atoms with Crippen LogP contribution in [0.25, 0.3) is 5.69 Å². The minimum atomic E-state index is -4.55. The third-order valence-corrected chi connectivity index (χ3v) is 4.89. The molecule has 0 saturated carbocycles. The zero-order valence-electron chi connectivity index (χ0n) is 15.5. The molecule has 0 atom stereocenters. The molecule has 0 aliphatic carbocycles.